The summed E-state index contributed by atoms with van der Waals surface area (Å²) in [6.07, 6.45) is 1.25. The Kier molecular flexibility index (Phi) is 11.7. The smallest absolute Gasteiger partial charge is 0.338 e. The number of carbonyl (C=O) groups excluding carboxylic acids is 2. The highest BCUT2D eigenvalue weighted by atomic mass is 32.2. The summed E-state index contributed by atoms with van der Waals surface area (Å²) in [4.78, 5) is 40.8. The summed E-state index contributed by atoms with van der Waals surface area (Å²) in [5, 5.41) is 25.1. The second kappa shape index (κ2) is 16.3. The van der Waals surface area contributed by atoms with Crippen LogP contribution in [0.5, 0.6) is 0 Å². The number of ether oxygens (including phenoxy) is 2. The van der Waals surface area contributed by atoms with E-state index in [-0.39, 0.29) is 36.7 Å². The molecule has 1 fully saturated rings. The van der Waals surface area contributed by atoms with Crippen LogP contribution in [0.15, 0.2) is 102 Å². The van der Waals surface area contributed by atoms with Gasteiger partial charge in [0.2, 0.25) is 0 Å². The Morgan fingerprint density at radius 1 is 0.894 bits per heavy atom. The van der Waals surface area contributed by atoms with Crippen molar-refractivity contribution >= 4 is 29.5 Å². The zero-order valence-electron chi connectivity index (χ0n) is 25.9. The first-order valence-corrected chi connectivity index (χ1v) is 16.3. The number of aromatic carboxylic acids is 1. The summed E-state index contributed by atoms with van der Waals surface area (Å²) in [5.41, 5.74) is 4.48. The van der Waals surface area contributed by atoms with E-state index in [2.05, 4.69) is 15.6 Å². The van der Waals surface area contributed by atoms with Crippen LogP contribution in [0.25, 0.3) is 0 Å². The lowest BCUT2D eigenvalue weighted by atomic mass is 10.0. The number of aliphatic hydroxyl groups excluding tert-OH is 1. The third kappa shape index (κ3) is 9.49. The molecule has 0 radical (unpaired) electrons. The van der Waals surface area contributed by atoms with Crippen molar-refractivity contribution in [3.8, 4) is 0 Å². The van der Waals surface area contributed by atoms with Crippen LogP contribution in [0.2, 0.25) is 0 Å². The van der Waals surface area contributed by atoms with Gasteiger partial charge in [-0.2, -0.15) is 0 Å². The van der Waals surface area contributed by atoms with Gasteiger partial charge in [-0.15, -0.1) is 11.8 Å². The average Bonchev–Trinajstić information content (AvgIpc) is 3.10. The second-order valence-electron chi connectivity index (χ2n) is 11.2. The second-order valence-corrected chi connectivity index (χ2v) is 12.3. The Morgan fingerprint density at radius 2 is 1.60 bits per heavy atom. The molecule has 11 heteroatoms. The molecule has 4 aromatic rings. The van der Waals surface area contributed by atoms with Crippen molar-refractivity contribution in [3.63, 3.8) is 0 Å². The number of benzene rings is 3. The molecule has 47 heavy (non-hydrogen) atoms. The highest BCUT2D eigenvalue weighted by Crippen LogP contribution is 2.39. The number of aliphatic hydroxyl groups is 1. The van der Waals surface area contributed by atoms with Crippen LogP contribution >= 0.6 is 11.8 Å². The third-order valence-corrected chi connectivity index (χ3v) is 8.94. The highest BCUT2D eigenvalue weighted by Gasteiger charge is 2.32. The number of carbonyl (C=O) groups is 3. The van der Waals surface area contributed by atoms with Gasteiger partial charge in [0.1, 0.15) is 5.03 Å². The number of aromatic nitrogens is 1. The van der Waals surface area contributed by atoms with E-state index in [0.717, 1.165) is 27.8 Å². The minimum absolute atomic E-state index is 0.0549. The lowest BCUT2D eigenvalue weighted by Gasteiger charge is -2.36. The predicted molar refractivity (Wildman–Crippen MR) is 177 cm³/mol. The number of hydrogen-bond donors (Lipinski definition) is 4. The number of urea groups is 1. The Balaban J connectivity index is 1.23. The molecule has 1 aliphatic rings. The summed E-state index contributed by atoms with van der Waals surface area (Å²) >= 11 is 1.33. The number of nitrogens with zero attached hydrogens (tertiary/aromatic N) is 1. The minimum atomic E-state index is -1.04. The van der Waals surface area contributed by atoms with Crippen LogP contribution < -0.4 is 10.6 Å². The van der Waals surface area contributed by atoms with Crippen LogP contribution in [0, 0.1) is 0 Å². The van der Waals surface area contributed by atoms with Crippen LogP contribution in [0.4, 0.5) is 4.79 Å². The summed E-state index contributed by atoms with van der Waals surface area (Å²) in [7, 11) is 0. The van der Waals surface area contributed by atoms with Gasteiger partial charge in [-0.1, -0.05) is 78.9 Å². The number of hydrogen-bond acceptors (Lipinski definition) is 8. The topological polar surface area (TPSA) is 147 Å². The molecule has 1 aromatic heterocycles. The first-order chi connectivity index (χ1) is 22.8. The van der Waals surface area contributed by atoms with E-state index >= 15 is 0 Å². The number of carboxylic acids is 1. The molecule has 1 aliphatic heterocycles. The quantitative estimate of drug-likeness (QED) is 0.135. The number of pyridine rings is 1. The molecular weight excluding hydrogens is 618 g/mol. The van der Waals surface area contributed by atoms with Crippen LogP contribution in [-0.2, 0) is 33.8 Å². The molecule has 4 atom stereocenters. The van der Waals surface area contributed by atoms with Gasteiger partial charge in [0.25, 0.3) is 0 Å². The number of Topliss-reactive ketones (excluding diaryl/α,β-unsaturated/α-hetero) is 1. The highest BCUT2D eigenvalue weighted by molar-refractivity contribution is 7.99. The normalized spacial score (nSPS) is 18.2. The van der Waals surface area contributed by atoms with Gasteiger partial charge in [0.15, 0.2) is 12.1 Å². The summed E-state index contributed by atoms with van der Waals surface area (Å²) < 4.78 is 12.8. The van der Waals surface area contributed by atoms with Gasteiger partial charge in [-0.25, -0.2) is 14.6 Å². The monoisotopic (exact) mass is 655 g/mol. The first kappa shape index (κ1) is 33.8. The van der Waals surface area contributed by atoms with Gasteiger partial charge < -0.3 is 30.3 Å². The number of amides is 2. The largest absolute Gasteiger partial charge is 0.478 e. The molecule has 0 spiro atoms. The van der Waals surface area contributed by atoms with E-state index in [1.807, 2.05) is 78.9 Å². The standard InChI is InChI=1S/C36H37N3O7S/c1-23(41)31(18-24-6-3-2-4-7-24)39-36(44)38-20-25-9-15-28(16-10-25)35-45-29(22-47-33-30(34(42)43)8-5-17-37-33)19-32(46-35)27-13-11-26(21-40)12-14-27/h2-17,29,31-32,35,40H,18-22H2,1H3,(H,42,43)(H2,38,39,44). The maximum Gasteiger partial charge on any atom is 0.338 e. The molecule has 3 aromatic carbocycles. The van der Waals surface area contributed by atoms with Crippen molar-refractivity contribution in [1.82, 2.24) is 15.6 Å². The molecule has 1 saturated heterocycles. The third-order valence-electron chi connectivity index (χ3n) is 7.81. The van der Waals surface area contributed by atoms with Gasteiger partial charge in [0, 0.05) is 30.5 Å². The maximum atomic E-state index is 12.6. The zero-order chi connectivity index (χ0) is 33.2. The SMILES string of the molecule is CC(=O)C(Cc1ccccc1)NC(=O)NCc1ccc(C2OC(CSc3ncccc3C(=O)O)CC(c3ccc(CO)cc3)O2)cc1. The summed E-state index contributed by atoms with van der Waals surface area (Å²) in [6, 6.07) is 26.7. The molecule has 10 nitrogen and oxygen atoms in total. The minimum Gasteiger partial charge on any atom is -0.478 e. The van der Waals surface area contributed by atoms with Gasteiger partial charge in [0.05, 0.1) is 30.4 Å². The lowest BCUT2D eigenvalue weighted by Crippen LogP contribution is -2.46. The summed E-state index contributed by atoms with van der Waals surface area (Å²) in [5.74, 6) is -0.695. The lowest BCUT2D eigenvalue weighted by molar-refractivity contribution is -0.245. The van der Waals surface area contributed by atoms with E-state index < -0.39 is 24.3 Å². The van der Waals surface area contributed by atoms with Crippen molar-refractivity contribution in [2.45, 2.75) is 62.5 Å². The van der Waals surface area contributed by atoms with Crippen LogP contribution in [0.3, 0.4) is 0 Å². The fourth-order valence-electron chi connectivity index (χ4n) is 5.19. The van der Waals surface area contributed by atoms with Crippen LogP contribution in [-0.4, -0.2) is 50.9 Å². The van der Waals surface area contributed by atoms with Crippen LogP contribution in [0.1, 0.15) is 63.9 Å². The van der Waals surface area contributed by atoms with E-state index in [4.69, 9.17) is 9.47 Å². The maximum absolute atomic E-state index is 12.6. The number of nitrogens with one attached hydrogen (secondary N) is 2. The van der Waals surface area contributed by atoms with E-state index in [1.54, 1.807) is 12.3 Å². The van der Waals surface area contributed by atoms with E-state index in [0.29, 0.717) is 23.6 Å². The molecule has 2 amide bonds. The predicted octanol–water partition coefficient (Wildman–Crippen LogP) is 5.61. The molecule has 0 bridgehead atoms. The van der Waals surface area contributed by atoms with Crippen molar-refractivity contribution in [2.24, 2.45) is 0 Å². The first-order valence-electron chi connectivity index (χ1n) is 15.3. The molecule has 2 heterocycles. The molecule has 244 valence electrons. The Morgan fingerprint density at radius 3 is 2.28 bits per heavy atom. The zero-order valence-corrected chi connectivity index (χ0v) is 26.7. The fraction of sp³-hybridized carbons (Fsp3) is 0.278. The Hall–Kier alpha value is -4.55. The average molecular weight is 656 g/mol. The molecular formula is C36H37N3O7S. The van der Waals surface area contributed by atoms with Gasteiger partial charge >= 0.3 is 12.0 Å². The molecule has 0 saturated carbocycles. The Labute approximate surface area is 277 Å². The van der Waals surface area contributed by atoms with Crippen molar-refractivity contribution < 1.29 is 34.1 Å². The van der Waals surface area contributed by atoms with Crippen molar-refractivity contribution in [3.05, 3.63) is 131 Å². The molecule has 0 aliphatic carbocycles. The number of ketones is 1. The Bertz CT molecular complexity index is 1650. The van der Waals surface area contributed by atoms with E-state index in [1.165, 1.54) is 24.8 Å². The molecule has 5 rings (SSSR count). The van der Waals surface area contributed by atoms with Crippen molar-refractivity contribution in [1.29, 1.82) is 0 Å². The molecule has 4 unspecified atom stereocenters. The number of thioether (sulfide) groups is 1. The molecule has 4 N–H and O–H groups in total. The van der Waals surface area contributed by atoms with E-state index in [9.17, 15) is 24.6 Å². The summed E-state index contributed by atoms with van der Waals surface area (Å²) in [6.45, 7) is 1.66. The van der Waals surface area contributed by atoms with Crippen molar-refractivity contribution in [2.75, 3.05) is 5.75 Å². The fourth-order valence-corrected chi connectivity index (χ4v) is 6.20. The number of carboxylic acid groups (broad SMARTS) is 1. The number of rotatable bonds is 13. The van der Waals surface area contributed by atoms with Gasteiger partial charge in [-0.05, 0) is 47.7 Å². The van der Waals surface area contributed by atoms with Gasteiger partial charge in [-0.3, -0.25) is 4.79 Å².